The highest BCUT2D eigenvalue weighted by atomic mass is 16.2. The monoisotopic (exact) mass is 370 g/mol. The van der Waals surface area contributed by atoms with E-state index in [9.17, 15) is 9.59 Å². The summed E-state index contributed by atoms with van der Waals surface area (Å²) in [5.41, 5.74) is 0.800. The maximum absolute atomic E-state index is 13.3. The fourth-order valence-corrected chi connectivity index (χ4v) is 5.59. The Hall–Kier alpha value is -1.95. The molecule has 3 saturated heterocycles. The summed E-state index contributed by atoms with van der Waals surface area (Å²) in [6, 6.07) is 4.10. The number of rotatable bonds is 3. The second-order valence-electron chi connectivity index (χ2n) is 8.51. The van der Waals surface area contributed by atoms with Crippen molar-refractivity contribution in [3.63, 3.8) is 0 Å². The summed E-state index contributed by atoms with van der Waals surface area (Å²) in [4.78, 5) is 36.1. The van der Waals surface area contributed by atoms with E-state index in [2.05, 4.69) is 22.9 Å². The third-order valence-corrected chi connectivity index (χ3v) is 7.24. The van der Waals surface area contributed by atoms with Gasteiger partial charge in [-0.25, -0.2) is 0 Å². The van der Waals surface area contributed by atoms with Gasteiger partial charge in [-0.05, 0) is 50.9 Å². The van der Waals surface area contributed by atoms with Gasteiger partial charge in [-0.3, -0.25) is 19.5 Å². The first-order valence-electron chi connectivity index (χ1n) is 10.2. The molecule has 3 aliphatic rings. The van der Waals surface area contributed by atoms with E-state index < -0.39 is 0 Å². The molecular weight excluding hydrogens is 340 g/mol. The van der Waals surface area contributed by atoms with Crippen LogP contribution in [0.3, 0.4) is 0 Å². The molecule has 1 aromatic heterocycles. The number of likely N-dealkylation sites (tertiary alicyclic amines) is 3. The number of hydrogen-bond donors (Lipinski definition) is 0. The number of hydrogen-bond acceptors (Lipinski definition) is 4. The third kappa shape index (κ3) is 2.94. The molecule has 0 aliphatic carbocycles. The van der Waals surface area contributed by atoms with Gasteiger partial charge in [0.25, 0.3) is 0 Å². The summed E-state index contributed by atoms with van der Waals surface area (Å²) in [6.45, 7) is 9.50. The van der Waals surface area contributed by atoms with Gasteiger partial charge in [0, 0.05) is 57.5 Å². The van der Waals surface area contributed by atoms with Crippen molar-refractivity contribution in [1.29, 1.82) is 0 Å². The molecule has 0 bridgehead atoms. The smallest absolute Gasteiger partial charge is 0.231 e. The topological polar surface area (TPSA) is 56.8 Å². The van der Waals surface area contributed by atoms with Crippen LogP contribution in [0.4, 0.5) is 0 Å². The Kier molecular flexibility index (Phi) is 4.70. The number of carbonyl (C=O) groups excluding carboxylic acids is 2. The highest BCUT2D eigenvalue weighted by Crippen LogP contribution is 2.57. The highest BCUT2D eigenvalue weighted by molar-refractivity contribution is 5.88. The van der Waals surface area contributed by atoms with E-state index in [0.29, 0.717) is 6.54 Å². The molecule has 4 heterocycles. The molecule has 0 radical (unpaired) electrons. The predicted octanol–water partition coefficient (Wildman–Crippen LogP) is 1.76. The van der Waals surface area contributed by atoms with Crippen LogP contribution >= 0.6 is 0 Å². The molecule has 1 atom stereocenters. The number of aromatic nitrogens is 1. The number of nitrogens with zero attached hydrogens (tertiary/aromatic N) is 4. The molecule has 27 heavy (non-hydrogen) atoms. The number of piperidine rings is 1. The highest BCUT2D eigenvalue weighted by Gasteiger charge is 2.65. The van der Waals surface area contributed by atoms with E-state index in [1.165, 1.54) is 5.56 Å². The van der Waals surface area contributed by atoms with Crippen molar-refractivity contribution in [3.8, 4) is 0 Å². The predicted molar refractivity (Wildman–Crippen MR) is 103 cm³/mol. The fourth-order valence-electron chi connectivity index (χ4n) is 5.59. The Balaban J connectivity index is 1.54. The van der Waals surface area contributed by atoms with Crippen LogP contribution in [0.25, 0.3) is 0 Å². The first-order chi connectivity index (χ1) is 13.0. The lowest BCUT2D eigenvalue weighted by Gasteiger charge is -2.46. The van der Waals surface area contributed by atoms with Gasteiger partial charge in [-0.2, -0.15) is 0 Å². The first-order valence-corrected chi connectivity index (χ1v) is 10.2. The molecule has 0 N–H and O–H groups in total. The Morgan fingerprint density at radius 3 is 2.56 bits per heavy atom. The average Bonchev–Trinajstić information content (AvgIpc) is 3.17. The number of amides is 2. The van der Waals surface area contributed by atoms with Gasteiger partial charge in [0.15, 0.2) is 0 Å². The van der Waals surface area contributed by atoms with E-state index in [1.807, 2.05) is 22.1 Å². The molecule has 3 aliphatic heterocycles. The second-order valence-corrected chi connectivity index (χ2v) is 8.51. The number of pyridine rings is 1. The summed E-state index contributed by atoms with van der Waals surface area (Å²) < 4.78 is 0. The zero-order valence-electron chi connectivity index (χ0n) is 16.5. The fraction of sp³-hybridized carbons (Fsp3) is 0.667. The van der Waals surface area contributed by atoms with Crippen LogP contribution in [0.1, 0.15) is 38.7 Å². The molecule has 0 saturated carbocycles. The molecule has 4 rings (SSSR count). The van der Waals surface area contributed by atoms with E-state index >= 15 is 0 Å². The maximum Gasteiger partial charge on any atom is 0.231 e. The average molecular weight is 370 g/mol. The SMILES string of the molecule is CCN1CC[C@@]2(CN(C(C)=O)CC23CCN(Cc2cccnc2)CC3)C1=O. The summed E-state index contributed by atoms with van der Waals surface area (Å²) in [7, 11) is 0. The molecule has 146 valence electrons. The van der Waals surface area contributed by atoms with Gasteiger partial charge in [0.05, 0.1) is 5.41 Å². The van der Waals surface area contributed by atoms with Crippen molar-refractivity contribution in [2.45, 2.75) is 39.7 Å². The number of carbonyl (C=O) groups is 2. The van der Waals surface area contributed by atoms with E-state index in [0.717, 1.165) is 58.5 Å². The maximum atomic E-state index is 13.3. The normalized spacial score (nSPS) is 27.9. The lowest BCUT2D eigenvalue weighted by Crippen LogP contribution is -2.52. The molecular formula is C21H30N4O2. The van der Waals surface area contributed by atoms with Gasteiger partial charge in [0.2, 0.25) is 11.8 Å². The van der Waals surface area contributed by atoms with Crippen molar-refractivity contribution in [3.05, 3.63) is 30.1 Å². The van der Waals surface area contributed by atoms with Crippen molar-refractivity contribution in [2.75, 3.05) is 39.3 Å². The van der Waals surface area contributed by atoms with Crippen LogP contribution < -0.4 is 0 Å². The Bertz CT molecular complexity index is 714. The minimum Gasteiger partial charge on any atom is -0.342 e. The van der Waals surface area contributed by atoms with Crippen molar-refractivity contribution < 1.29 is 9.59 Å². The molecule has 6 heteroatoms. The van der Waals surface area contributed by atoms with Crippen molar-refractivity contribution in [2.24, 2.45) is 10.8 Å². The van der Waals surface area contributed by atoms with Crippen LogP contribution in [-0.4, -0.2) is 70.8 Å². The summed E-state index contributed by atoms with van der Waals surface area (Å²) in [6.07, 6.45) is 6.60. The van der Waals surface area contributed by atoms with Gasteiger partial charge >= 0.3 is 0 Å². The van der Waals surface area contributed by atoms with Crippen molar-refractivity contribution >= 4 is 11.8 Å². The zero-order valence-corrected chi connectivity index (χ0v) is 16.5. The van der Waals surface area contributed by atoms with Crippen LogP contribution in [0.2, 0.25) is 0 Å². The molecule has 6 nitrogen and oxygen atoms in total. The van der Waals surface area contributed by atoms with Crippen LogP contribution in [0.5, 0.6) is 0 Å². The minimum absolute atomic E-state index is 0.0644. The molecule has 0 aromatic carbocycles. The lowest BCUT2D eigenvalue weighted by molar-refractivity contribution is -0.142. The molecule has 1 aromatic rings. The van der Waals surface area contributed by atoms with Crippen LogP contribution in [0.15, 0.2) is 24.5 Å². The lowest BCUT2D eigenvalue weighted by atomic mass is 9.60. The minimum atomic E-state index is -0.366. The summed E-state index contributed by atoms with van der Waals surface area (Å²) in [5.74, 6) is 0.390. The molecule has 0 unspecified atom stereocenters. The Morgan fingerprint density at radius 1 is 1.19 bits per heavy atom. The third-order valence-electron chi connectivity index (χ3n) is 7.24. The number of fused-ring (bicyclic) bond motifs is 1. The van der Waals surface area contributed by atoms with Gasteiger partial charge < -0.3 is 9.80 Å². The summed E-state index contributed by atoms with van der Waals surface area (Å²) in [5, 5.41) is 0. The van der Waals surface area contributed by atoms with Gasteiger partial charge in [-0.1, -0.05) is 6.07 Å². The quantitative estimate of drug-likeness (QED) is 0.814. The standard InChI is InChI=1S/C21H30N4O2/c1-3-24-12-8-21(19(24)27)16-25(17(2)26)15-20(21)6-10-23(11-7-20)14-18-5-4-9-22-13-18/h4-5,9,13H,3,6-8,10-12,14-16H2,1-2H3/t21-/m1/s1. The Labute approximate surface area is 161 Å². The molecule has 2 spiro atoms. The van der Waals surface area contributed by atoms with Gasteiger partial charge in [0.1, 0.15) is 0 Å². The second kappa shape index (κ2) is 6.89. The zero-order chi connectivity index (χ0) is 19.1. The molecule has 3 fully saturated rings. The van der Waals surface area contributed by atoms with Gasteiger partial charge in [-0.15, -0.1) is 0 Å². The van der Waals surface area contributed by atoms with Crippen LogP contribution in [0, 0.1) is 10.8 Å². The van der Waals surface area contributed by atoms with E-state index in [4.69, 9.17) is 0 Å². The van der Waals surface area contributed by atoms with E-state index in [-0.39, 0.29) is 22.6 Å². The molecule has 2 amide bonds. The van der Waals surface area contributed by atoms with Crippen LogP contribution in [-0.2, 0) is 16.1 Å². The first kappa shape index (κ1) is 18.4. The largest absolute Gasteiger partial charge is 0.342 e. The summed E-state index contributed by atoms with van der Waals surface area (Å²) >= 11 is 0. The van der Waals surface area contributed by atoms with E-state index in [1.54, 1.807) is 13.1 Å². The van der Waals surface area contributed by atoms with Crippen molar-refractivity contribution in [1.82, 2.24) is 19.7 Å². The Morgan fingerprint density at radius 2 is 1.96 bits per heavy atom.